The summed E-state index contributed by atoms with van der Waals surface area (Å²) in [5.41, 5.74) is 1.06. The van der Waals surface area contributed by atoms with E-state index < -0.39 is 0 Å². The third-order valence-corrected chi connectivity index (χ3v) is 5.45. The van der Waals surface area contributed by atoms with Crippen LogP contribution in [0.1, 0.15) is 24.4 Å². The summed E-state index contributed by atoms with van der Waals surface area (Å²) in [4.78, 5) is 16.3. The normalized spacial score (nSPS) is 11.9. The quantitative estimate of drug-likeness (QED) is 0.532. The van der Waals surface area contributed by atoms with E-state index in [4.69, 9.17) is 4.74 Å². The number of hydrogen-bond acceptors (Lipinski definition) is 6. The maximum absolute atomic E-state index is 12.1. The van der Waals surface area contributed by atoms with Crippen molar-refractivity contribution in [3.8, 4) is 5.75 Å². The number of anilines is 1. The fourth-order valence-corrected chi connectivity index (χ4v) is 3.45. The van der Waals surface area contributed by atoms with E-state index in [-0.39, 0.29) is 17.8 Å². The Balaban J connectivity index is 1.58. The van der Waals surface area contributed by atoms with Crippen LogP contribution in [0.4, 0.5) is 5.82 Å². The van der Waals surface area contributed by atoms with E-state index in [2.05, 4.69) is 36.4 Å². The van der Waals surface area contributed by atoms with Crippen molar-refractivity contribution in [3.05, 3.63) is 58.5 Å². The van der Waals surface area contributed by atoms with E-state index in [1.165, 1.54) is 11.8 Å². The molecule has 0 aliphatic rings. The molecule has 0 saturated carbocycles. The van der Waals surface area contributed by atoms with Gasteiger partial charge in [0.05, 0.1) is 5.75 Å². The van der Waals surface area contributed by atoms with Crippen LogP contribution < -0.4 is 10.1 Å². The maximum Gasteiger partial charge on any atom is 0.236 e. The van der Waals surface area contributed by atoms with Crippen LogP contribution >= 0.6 is 27.7 Å². The summed E-state index contributed by atoms with van der Waals surface area (Å²) in [6.45, 7) is 3.93. The Morgan fingerprint density at radius 1 is 1.29 bits per heavy atom. The zero-order chi connectivity index (χ0) is 20.1. The summed E-state index contributed by atoms with van der Waals surface area (Å²) in [6, 6.07) is 11.4. The highest BCUT2D eigenvalue weighted by molar-refractivity contribution is 9.10. The Kier molecular flexibility index (Phi) is 6.69. The molecule has 7 nitrogen and oxygen atoms in total. The number of amides is 1. The number of halogens is 1. The molecule has 1 amide bonds. The van der Waals surface area contributed by atoms with Crippen LogP contribution in [-0.4, -0.2) is 31.4 Å². The van der Waals surface area contributed by atoms with E-state index in [0.29, 0.717) is 16.8 Å². The van der Waals surface area contributed by atoms with Gasteiger partial charge in [-0.1, -0.05) is 30.0 Å². The third-order valence-electron chi connectivity index (χ3n) is 3.96. The molecular formula is C19H20BrN5O2S. The van der Waals surface area contributed by atoms with Gasteiger partial charge in [-0.05, 0) is 53.5 Å². The van der Waals surface area contributed by atoms with Gasteiger partial charge in [-0.25, -0.2) is 4.98 Å². The van der Waals surface area contributed by atoms with Crippen molar-refractivity contribution in [2.45, 2.75) is 25.1 Å². The topological polar surface area (TPSA) is 81.9 Å². The molecule has 1 aromatic carbocycles. The molecule has 0 saturated heterocycles. The summed E-state index contributed by atoms with van der Waals surface area (Å²) < 4.78 is 8.72. The van der Waals surface area contributed by atoms with Gasteiger partial charge in [-0.2, -0.15) is 0 Å². The van der Waals surface area contributed by atoms with Crippen molar-refractivity contribution >= 4 is 39.4 Å². The van der Waals surface area contributed by atoms with Crippen LogP contribution in [0.5, 0.6) is 5.75 Å². The zero-order valence-electron chi connectivity index (χ0n) is 15.7. The number of nitrogens with one attached hydrogen (secondary N) is 1. The molecule has 2 heterocycles. The number of carbonyl (C=O) groups is 1. The van der Waals surface area contributed by atoms with Gasteiger partial charge in [0.25, 0.3) is 0 Å². The summed E-state index contributed by atoms with van der Waals surface area (Å²) in [7, 11) is 1.86. The van der Waals surface area contributed by atoms with E-state index in [1.54, 1.807) is 12.3 Å². The van der Waals surface area contributed by atoms with Gasteiger partial charge in [-0.3, -0.25) is 4.79 Å². The van der Waals surface area contributed by atoms with E-state index in [0.717, 1.165) is 15.8 Å². The molecule has 28 heavy (non-hydrogen) atoms. The van der Waals surface area contributed by atoms with Crippen LogP contribution in [-0.2, 0) is 11.8 Å². The number of hydrogen-bond donors (Lipinski definition) is 1. The number of rotatable bonds is 7. The van der Waals surface area contributed by atoms with Crippen molar-refractivity contribution in [1.29, 1.82) is 0 Å². The Morgan fingerprint density at radius 2 is 2.07 bits per heavy atom. The highest BCUT2D eigenvalue weighted by Crippen LogP contribution is 2.25. The van der Waals surface area contributed by atoms with Crippen LogP contribution in [0.2, 0.25) is 0 Å². The summed E-state index contributed by atoms with van der Waals surface area (Å²) in [5, 5.41) is 11.8. The summed E-state index contributed by atoms with van der Waals surface area (Å²) in [5.74, 6) is 2.06. The lowest BCUT2D eigenvalue weighted by atomic mass is 10.2. The number of ether oxygens (including phenoxy) is 1. The number of pyridine rings is 1. The van der Waals surface area contributed by atoms with Gasteiger partial charge in [0.2, 0.25) is 5.91 Å². The molecule has 1 N–H and O–H groups in total. The van der Waals surface area contributed by atoms with Gasteiger partial charge in [0, 0.05) is 17.7 Å². The predicted octanol–water partition coefficient (Wildman–Crippen LogP) is 4.15. The molecule has 1 atom stereocenters. The fraction of sp³-hybridized carbons (Fsp3) is 0.263. The van der Waals surface area contributed by atoms with Gasteiger partial charge >= 0.3 is 0 Å². The largest absolute Gasteiger partial charge is 0.482 e. The number of benzene rings is 1. The van der Waals surface area contributed by atoms with E-state index in [1.807, 2.05) is 55.8 Å². The lowest BCUT2D eigenvalue weighted by molar-refractivity contribution is -0.113. The Morgan fingerprint density at radius 3 is 2.79 bits per heavy atom. The first-order valence-corrected chi connectivity index (χ1v) is 10.4. The average Bonchev–Trinajstić information content (AvgIpc) is 3.04. The Labute approximate surface area is 176 Å². The minimum absolute atomic E-state index is 0.159. The maximum atomic E-state index is 12.1. The molecule has 0 radical (unpaired) electrons. The average molecular weight is 462 g/mol. The zero-order valence-corrected chi connectivity index (χ0v) is 18.1. The number of thioether (sulfide) groups is 1. The van der Waals surface area contributed by atoms with Crippen LogP contribution in [0, 0.1) is 6.92 Å². The van der Waals surface area contributed by atoms with Crippen LogP contribution in [0.15, 0.2) is 52.2 Å². The standard InChI is InChI=1S/C19H20BrN5O2S/c1-12-6-4-5-7-15(12)27-13(2)18-23-24-19(25(18)3)28-11-17(26)22-16-9-8-14(20)10-21-16/h4-10,13H,11H2,1-3H3,(H,21,22,26). The van der Waals surface area contributed by atoms with Crippen molar-refractivity contribution in [2.24, 2.45) is 7.05 Å². The molecule has 146 valence electrons. The van der Waals surface area contributed by atoms with Crippen molar-refractivity contribution < 1.29 is 9.53 Å². The number of para-hydroxylation sites is 1. The molecule has 0 bridgehead atoms. The highest BCUT2D eigenvalue weighted by atomic mass is 79.9. The minimum Gasteiger partial charge on any atom is -0.482 e. The highest BCUT2D eigenvalue weighted by Gasteiger charge is 2.18. The lowest BCUT2D eigenvalue weighted by Crippen LogP contribution is -2.15. The Bertz CT molecular complexity index is 961. The Hall–Kier alpha value is -2.39. The predicted molar refractivity (Wildman–Crippen MR) is 113 cm³/mol. The number of aromatic nitrogens is 4. The lowest BCUT2D eigenvalue weighted by Gasteiger charge is -2.15. The second-order valence-corrected chi connectivity index (χ2v) is 7.98. The summed E-state index contributed by atoms with van der Waals surface area (Å²) in [6.07, 6.45) is 1.36. The first-order chi connectivity index (χ1) is 13.4. The van der Waals surface area contributed by atoms with Crippen LogP contribution in [0.3, 0.4) is 0 Å². The first kappa shape index (κ1) is 20.3. The second kappa shape index (κ2) is 9.20. The molecule has 3 aromatic rings. The molecule has 0 fully saturated rings. The van der Waals surface area contributed by atoms with E-state index >= 15 is 0 Å². The number of carbonyl (C=O) groups excluding carboxylic acids is 1. The number of aryl methyl sites for hydroxylation is 1. The number of nitrogens with zero attached hydrogens (tertiary/aromatic N) is 4. The van der Waals surface area contributed by atoms with Crippen molar-refractivity contribution in [2.75, 3.05) is 11.1 Å². The van der Waals surface area contributed by atoms with Gasteiger partial charge < -0.3 is 14.6 Å². The van der Waals surface area contributed by atoms with Gasteiger partial charge in [-0.15, -0.1) is 10.2 Å². The third kappa shape index (κ3) is 5.11. The van der Waals surface area contributed by atoms with Gasteiger partial charge in [0.1, 0.15) is 11.6 Å². The minimum atomic E-state index is -0.270. The monoisotopic (exact) mass is 461 g/mol. The SMILES string of the molecule is Cc1ccccc1OC(C)c1nnc(SCC(=O)Nc2ccc(Br)cn2)n1C. The molecule has 0 aliphatic carbocycles. The molecule has 9 heteroatoms. The smallest absolute Gasteiger partial charge is 0.236 e. The molecule has 3 rings (SSSR count). The van der Waals surface area contributed by atoms with Crippen molar-refractivity contribution in [1.82, 2.24) is 19.7 Å². The van der Waals surface area contributed by atoms with Crippen LogP contribution in [0.25, 0.3) is 0 Å². The molecule has 0 aliphatic heterocycles. The van der Waals surface area contributed by atoms with E-state index in [9.17, 15) is 4.79 Å². The molecule has 1 unspecified atom stereocenters. The van der Waals surface area contributed by atoms with Gasteiger partial charge in [0.15, 0.2) is 17.1 Å². The molecular weight excluding hydrogens is 442 g/mol. The first-order valence-electron chi connectivity index (χ1n) is 8.60. The molecule has 0 spiro atoms. The van der Waals surface area contributed by atoms with Crippen molar-refractivity contribution in [3.63, 3.8) is 0 Å². The summed E-state index contributed by atoms with van der Waals surface area (Å²) >= 11 is 4.62. The molecule has 2 aromatic heterocycles. The second-order valence-electron chi connectivity index (χ2n) is 6.12. The fourth-order valence-electron chi connectivity index (χ4n) is 2.50.